The van der Waals surface area contributed by atoms with E-state index in [0.29, 0.717) is 10.8 Å². The van der Waals surface area contributed by atoms with Crippen molar-refractivity contribution in [3.63, 3.8) is 0 Å². The van der Waals surface area contributed by atoms with Crippen LogP contribution in [0.25, 0.3) is 0 Å². The smallest absolute Gasteiger partial charge is 0.275 e. The Morgan fingerprint density at radius 3 is 2.60 bits per heavy atom. The maximum absolute atomic E-state index is 12.4. The molecule has 136 valence electrons. The van der Waals surface area contributed by atoms with Crippen LogP contribution in [-0.2, 0) is 14.8 Å². The molecule has 0 saturated heterocycles. The number of anilines is 1. The number of nitrogens with one attached hydrogen (secondary N) is 1. The number of hydrogen-bond acceptors (Lipinski definition) is 7. The number of halogens is 1. The zero-order valence-corrected chi connectivity index (χ0v) is 18.2. The lowest BCUT2D eigenvalue weighted by Crippen LogP contribution is -2.31. The highest BCUT2D eigenvalue weighted by molar-refractivity contribution is 9.10. The third-order valence-electron chi connectivity index (χ3n) is 3.11. The van der Waals surface area contributed by atoms with Gasteiger partial charge >= 0.3 is 0 Å². The number of thioether (sulfide) groups is 1. The Hall–Kier alpha value is -1.10. The van der Waals surface area contributed by atoms with Crippen molar-refractivity contribution in [1.82, 2.24) is 9.71 Å². The molecule has 2 rings (SSSR count). The summed E-state index contributed by atoms with van der Waals surface area (Å²) in [5, 5.41) is 0.574. The van der Waals surface area contributed by atoms with Crippen LogP contribution in [0.3, 0.4) is 0 Å². The third-order valence-corrected chi connectivity index (χ3v) is 8.09. The van der Waals surface area contributed by atoms with Crippen molar-refractivity contribution in [3.05, 3.63) is 33.9 Å². The lowest BCUT2D eigenvalue weighted by molar-refractivity contribution is -0.116. The molecule has 0 spiro atoms. The first kappa shape index (κ1) is 20.2. The van der Waals surface area contributed by atoms with Gasteiger partial charge in [-0.2, -0.15) is 0 Å². The highest BCUT2D eigenvalue weighted by Crippen LogP contribution is 2.29. The summed E-state index contributed by atoms with van der Waals surface area (Å²) in [6.45, 7) is 3.55. The van der Waals surface area contributed by atoms with E-state index in [9.17, 15) is 13.2 Å². The minimum atomic E-state index is -3.92. The molecule has 6 nitrogen and oxygen atoms in total. The Kier molecular flexibility index (Phi) is 6.52. The third kappa shape index (κ3) is 5.19. The molecule has 1 aromatic heterocycles. The molecule has 0 unspecified atom stereocenters. The molecular weight excluding hydrogens is 446 g/mol. The van der Waals surface area contributed by atoms with Crippen LogP contribution in [-0.4, -0.2) is 39.2 Å². The van der Waals surface area contributed by atoms with E-state index in [2.05, 4.69) is 25.6 Å². The zero-order valence-electron chi connectivity index (χ0n) is 14.2. The predicted molar refractivity (Wildman–Crippen MR) is 106 cm³/mol. The second-order valence-electron chi connectivity index (χ2n) is 5.49. The molecule has 0 atom stereocenters. The van der Waals surface area contributed by atoms with Gasteiger partial charge in [-0.15, -0.1) is 11.8 Å². The monoisotopic (exact) mass is 463 g/mol. The Morgan fingerprint density at radius 1 is 1.36 bits per heavy atom. The van der Waals surface area contributed by atoms with Crippen molar-refractivity contribution in [3.8, 4) is 0 Å². The maximum Gasteiger partial charge on any atom is 0.275 e. The molecule has 1 N–H and O–H groups in total. The SMILES string of the molecule is Cc1cc(Br)ccc1SCC(=O)NS(=O)(=O)c1sc(N(C)C)nc1C. The Balaban J connectivity index is 2.06. The average Bonchev–Trinajstić information content (AvgIpc) is 2.89. The van der Waals surface area contributed by atoms with Crippen LogP contribution in [0.5, 0.6) is 0 Å². The topological polar surface area (TPSA) is 79.4 Å². The molecular formula is C15H18BrN3O3S3. The predicted octanol–water partition coefficient (Wildman–Crippen LogP) is 3.19. The van der Waals surface area contributed by atoms with E-state index in [0.717, 1.165) is 26.3 Å². The van der Waals surface area contributed by atoms with Crippen molar-refractivity contribution < 1.29 is 13.2 Å². The Labute approximate surface area is 164 Å². The van der Waals surface area contributed by atoms with Crippen molar-refractivity contribution in [2.24, 2.45) is 0 Å². The van der Waals surface area contributed by atoms with Gasteiger partial charge in [0.1, 0.15) is 0 Å². The number of aryl methyl sites for hydroxylation is 2. The van der Waals surface area contributed by atoms with Gasteiger partial charge in [-0.1, -0.05) is 27.3 Å². The fourth-order valence-corrected chi connectivity index (χ4v) is 5.74. The standard InChI is InChI=1S/C15H18BrN3O3S3/c1-9-7-11(16)5-6-12(9)23-8-13(20)18-25(21,22)14-10(2)17-15(24-14)19(3)4/h5-7H,8H2,1-4H3,(H,18,20). The minimum Gasteiger partial charge on any atom is -0.354 e. The number of hydrogen-bond donors (Lipinski definition) is 1. The van der Waals surface area contributed by atoms with Gasteiger partial charge in [-0.05, 0) is 37.6 Å². The lowest BCUT2D eigenvalue weighted by atomic mass is 10.2. The van der Waals surface area contributed by atoms with Gasteiger partial charge in [0.15, 0.2) is 9.34 Å². The van der Waals surface area contributed by atoms with Gasteiger partial charge in [-0.3, -0.25) is 4.79 Å². The summed E-state index contributed by atoms with van der Waals surface area (Å²) in [5.74, 6) is -0.549. The summed E-state index contributed by atoms with van der Waals surface area (Å²) in [5.41, 5.74) is 1.40. The Morgan fingerprint density at radius 2 is 2.04 bits per heavy atom. The number of amides is 1. The number of thiazole rings is 1. The van der Waals surface area contributed by atoms with Crippen molar-refractivity contribution in [2.45, 2.75) is 23.0 Å². The average molecular weight is 464 g/mol. The molecule has 2 aromatic rings. The van der Waals surface area contributed by atoms with E-state index in [1.165, 1.54) is 11.8 Å². The fourth-order valence-electron chi connectivity index (χ4n) is 1.95. The van der Waals surface area contributed by atoms with Crippen LogP contribution >= 0.6 is 39.0 Å². The van der Waals surface area contributed by atoms with Crippen LogP contribution in [0.15, 0.2) is 31.8 Å². The molecule has 25 heavy (non-hydrogen) atoms. The summed E-state index contributed by atoms with van der Waals surface area (Å²) >= 11 is 5.72. The normalized spacial score (nSPS) is 11.4. The van der Waals surface area contributed by atoms with E-state index < -0.39 is 15.9 Å². The van der Waals surface area contributed by atoms with Crippen LogP contribution in [0.2, 0.25) is 0 Å². The number of rotatable bonds is 6. The van der Waals surface area contributed by atoms with E-state index in [4.69, 9.17) is 0 Å². The van der Waals surface area contributed by atoms with E-state index in [1.807, 2.05) is 25.1 Å². The molecule has 0 radical (unpaired) electrons. The van der Waals surface area contributed by atoms with Gasteiger partial charge in [0.05, 0.1) is 11.4 Å². The fraction of sp³-hybridized carbons (Fsp3) is 0.333. The van der Waals surface area contributed by atoms with Gasteiger partial charge < -0.3 is 4.90 Å². The van der Waals surface area contributed by atoms with Gasteiger partial charge in [0.25, 0.3) is 10.0 Å². The van der Waals surface area contributed by atoms with E-state index in [-0.39, 0.29) is 9.96 Å². The molecule has 1 aromatic carbocycles. The first-order chi connectivity index (χ1) is 11.6. The molecule has 0 aliphatic heterocycles. The lowest BCUT2D eigenvalue weighted by Gasteiger charge is -2.08. The minimum absolute atomic E-state index is 0.0140. The number of aromatic nitrogens is 1. The highest BCUT2D eigenvalue weighted by atomic mass is 79.9. The molecule has 0 aliphatic rings. The van der Waals surface area contributed by atoms with Crippen LogP contribution in [0.4, 0.5) is 5.13 Å². The largest absolute Gasteiger partial charge is 0.354 e. The highest BCUT2D eigenvalue weighted by Gasteiger charge is 2.24. The molecule has 1 amide bonds. The van der Waals surface area contributed by atoms with Crippen molar-refractivity contribution in [2.75, 3.05) is 24.7 Å². The maximum atomic E-state index is 12.4. The summed E-state index contributed by atoms with van der Waals surface area (Å²) < 4.78 is 28.0. The first-order valence-corrected chi connectivity index (χ1v) is 11.3. The van der Waals surface area contributed by atoms with Crippen molar-refractivity contribution >= 4 is 60.1 Å². The van der Waals surface area contributed by atoms with E-state index >= 15 is 0 Å². The van der Waals surface area contributed by atoms with E-state index in [1.54, 1.807) is 25.9 Å². The number of nitrogens with zero attached hydrogens (tertiary/aromatic N) is 2. The van der Waals surface area contributed by atoms with Crippen LogP contribution in [0, 0.1) is 13.8 Å². The van der Waals surface area contributed by atoms with Crippen LogP contribution < -0.4 is 9.62 Å². The van der Waals surface area contributed by atoms with Gasteiger partial charge in [0.2, 0.25) is 5.91 Å². The number of carbonyl (C=O) groups excluding carboxylic acids is 1. The number of carbonyl (C=O) groups is 1. The first-order valence-electron chi connectivity index (χ1n) is 7.19. The summed E-state index contributed by atoms with van der Waals surface area (Å²) in [7, 11) is -0.351. The van der Waals surface area contributed by atoms with Gasteiger partial charge in [0, 0.05) is 23.5 Å². The zero-order chi connectivity index (χ0) is 18.8. The van der Waals surface area contributed by atoms with Crippen molar-refractivity contribution in [1.29, 1.82) is 0 Å². The molecule has 0 saturated carbocycles. The molecule has 0 bridgehead atoms. The molecule has 10 heteroatoms. The second kappa shape index (κ2) is 8.07. The molecule has 0 fully saturated rings. The Bertz CT molecular complexity index is 895. The number of sulfonamides is 1. The molecule has 1 heterocycles. The number of benzene rings is 1. The molecule has 0 aliphatic carbocycles. The second-order valence-corrected chi connectivity index (χ2v) is 10.3. The summed E-state index contributed by atoms with van der Waals surface area (Å²) in [4.78, 5) is 18.9. The van der Waals surface area contributed by atoms with Crippen LogP contribution in [0.1, 0.15) is 11.3 Å². The quantitative estimate of drug-likeness (QED) is 0.662. The summed E-state index contributed by atoms with van der Waals surface area (Å²) in [6, 6.07) is 5.72. The summed E-state index contributed by atoms with van der Waals surface area (Å²) in [6.07, 6.45) is 0. The van der Waals surface area contributed by atoms with Gasteiger partial charge in [-0.25, -0.2) is 18.1 Å².